The minimum Gasteiger partial charge on any atom is -0.480 e. The summed E-state index contributed by atoms with van der Waals surface area (Å²) in [5.74, 6) is -1.54. The number of aliphatic carboxylic acids is 1. The summed E-state index contributed by atoms with van der Waals surface area (Å²) in [5.41, 5.74) is 4.79. The Morgan fingerprint density at radius 1 is 0.773 bits per heavy atom. The lowest BCUT2D eigenvalue weighted by Gasteiger charge is -2.20. The highest BCUT2D eigenvalue weighted by atomic mass is 32.1. The number of aromatic nitrogens is 2. The van der Waals surface area contributed by atoms with E-state index in [1.54, 1.807) is 18.5 Å². The van der Waals surface area contributed by atoms with Gasteiger partial charge in [-0.1, -0.05) is 90.1 Å². The van der Waals surface area contributed by atoms with E-state index < -0.39 is 24.0 Å². The molecular formula is C35H40N4O4S. The second-order valence-corrected chi connectivity index (χ2v) is 14.1. The zero-order valence-corrected chi connectivity index (χ0v) is 27.1. The van der Waals surface area contributed by atoms with Crippen molar-refractivity contribution in [3.63, 3.8) is 0 Å². The van der Waals surface area contributed by atoms with Gasteiger partial charge >= 0.3 is 5.97 Å². The van der Waals surface area contributed by atoms with Crippen molar-refractivity contribution in [1.29, 1.82) is 0 Å². The summed E-state index contributed by atoms with van der Waals surface area (Å²) >= 11 is 1.38. The Kier molecular flexibility index (Phi) is 9.69. The maximum absolute atomic E-state index is 13.1. The van der Waals surface area contributed by atoms with Crippen LogP contribution in [0.4, 0.5) is 0 Å². The lowest BCUT2D eigenvalue weighted by Crippen LogP contribution is -2.51. The smallest absolute Gasteiger partial charge is 0.325 e. The van der Waals surface area contributed by atoms with Gasteiger partial charge in [0.1, 0.15) is 12.1 Å². The van der Waals surface area contributed by atoms with E-state index in [0.717, 1.165) is 27.1 Å². The lowest BCUT2D eigenvalue weighted by atomic mass is 9.86. The molecule has 0 aliphatic rings. The highest BCUT2D eigenvalue weighted by Crippen LogP contribution is 2.30. The van der Waals surface area contributed by atoms with E-state index in [0.29, 0.717) is 10.7 Å². The van der Waals surface area contributed by atoms with Crippen molar-refractivity contribution in [3.05, 3.63) is 93.9 Å². The van der Waals surface area contributed by atoms with Crippen molar-refractivity contribution in [2.24, 2.45) is 0 Å². The number of rotatable bonds is 9. The zero-order chi connectivity index (χ0) is 32.2. The van der Waals surface area contributed by atoms with E-state index in [4.69, 9.17) is 0 Å². The number of benzene rings is 2. The largest absolute Gasteiger partial charge is 0.480 e. The number of carbonyl (C=O) groups excluding carboxylic acids is 2. The molecule has 0 bridgehead atoms. The van der Waals surface area contributed by atoms with Gasteiger partial charge in [-0.15, -0.1) is 11.3 Å². The number of hydrogen-bond donors (Lipinski definition) is 3. The van der Waals surface area contributed by atoms with Gasteiger partial charge in [0, 0.05) is 34.8 Å². The van der Waals surface area contributed by atoms with Gasteiger partial charge in [-0.05, 0) is 46.6 Å². The maximum atomic E-state index is 13.1. The van der Waals surface area contributed by atoms with Gasteiger partial charge in [-0.2, -0.15) is 0 Å². The molecule has 230 valence electrons. The number of nitrogens with one attached hydrogen (secondary N) is 2. The Balaban J connectivity index is 1.49. The Morgan fingerprint density at radius 2 is 1.36 bits per heavy atom. The molecule has 0 saturated heterocycles. The number of nitrogens with zero attached hydrogens (tertiary/aromatic N) is 2. The van der Waals surface area contributed by atoms with Crippen molar-refractivity contribution in [3.8, 4) is 22.5 Å². The monoisotopic (exact) mass is 612 g/mol. The lowest BCUT2D eigenvalue weighted by molar-refractivity contribution is -0.141. The molecule has 8 nitrogen and oxygen atoms in total. The molecule has 4 rings (SSSR count). The number of carboxylic acid groups (broad SMARTS) is 1. The number of thiophene rings is 1. The zero-order valence-electron chi connectivity index (χ0n) is 26.3. The summed E-state index contributed by atoms with van der Waals surface area (Å²) < 4.78 is 0. The third kappa shape index (κ3) is 8.17. The van der Waals surface area contributed by atoms with Crippen molar-refractivity contribution >= 4 is 29.1 Å². The average molecular weight is 613 g/mol. The SMILES string of the molecule is C[C@@H](NC(=O)[C@H](Cc1ccc(-c2ncc(-c3ccc(C(C)(C)C)cc3)cn2)cc1)NC(=O)c1ccc(C(C)(C)C)s1)C(=O)O. The van der Waals surface area contributed by atoms with Gasteiger partial charge in [0.15, 0.2) is 5.82 Å². The van der Waals surface area contributed by atoms with E-state index in [-0.39, 0.29) is 23.2 Å². The van der Waals surface area contributed by atoms with Crippen LogP contribution in [0.25, 0.3) is 22.5 Å². The summed E-state index contributed by atoms with van der Waals surface area (Å²) in [6, 6.07) is 17.5. The summed E-state index contributed by atoms with van der Waals surface area (Å²) in [6.45, 7) is 14.1. The standard InChI is InChI=1S/C35H40N4O4S/c1-21(33(42)43)38-31(40)27(39-32(41)28-16-17-29(44-28)35(5,6)7)18-22-8-10-24(11-9-22)30-36-19-25(20-37-30)23-12-14-26(15-13-23)34(2,3)4/h8-17,19-21,27H,18H2,1-7H3,(H,38,40)(H,39,41)(H,42,43)/t21-,27+/m1/s1. The summed E-state index contributed by atoms with van der Waals surface area (Å²) in [7, 11) is 0. The molecular weight excluding hydrogens is 572 g/mol. The van der Waals surface area contributed by atoms with Gasteiger partial charge in [-0.25, -0.2) is 9.97 Å². The van der Waals surface area contributed by atoms with Gasteiger partial charge in [-0.3, -0.25) is 14.4 Å². The number of carboxylic acids is 1. The van der Waals surface area contributed by atoms with E-state index >= 15 is 0 Å². The van der Waals surface area contributed by atoms with Crippen molar-refractivity contribution < 1.29 is 19.5 Å². The normalized spacial score (nSPS) is 13.2. The molecule has 2 heterocycles. The Hall–Kier alpha value is -4.37. The van der Waals surface area contributed by atoms with E-state index in [1.807, 2.05) is 30.3 Å². The first-order valence-corrected chi connectivity index (χ1v) is 15.4. The second kappa shape index (κ2) is 13.1. The Labute approximate surface area is 263 Å². The van der Waals surface area contributed by atoms with Crippen LogP contribution in [0.2, 0.25) is 0 Å². The van der Waals surface area contributed by atoms with Crippen molar-refractivity contribution in [2.45, 2.75) is 77.8 Å². The van der Waals surface area contributed by atoms with Crippen LogP contribution in [-0.2, 0) is 26.8 Å². The molecule has 0 spiro atoms. The molecule has 0 unspecified atom stereocenters. The van der Waals surface area contributed by atoms with Crippen molar-refractivity contribution in [1.82, 2.24) is 20.6 Å². The highest BCUT2D eigenvalue weighted by molar-refractivity contribution is 7.14. The van der Waals surface area contributed by atoms with Gasteiger partial charge in [0.25, 0.3) is 5.91 Å². The molecule has 0 aliphatic carbocycles. The maximum Gasteiger partial charge on any atom is 0.325 e. The number of hydrogen-bond acceptors (Lipinski definition) is 6. The quantitative estimate of drug-likeness (QED) is 0.201. The van der Waals surface area contributed by atoms with Crippen LogP contribution >= 0.6 is 11.3 Å². The molecule has 0 saturated carbocycles. The number of carbonyl (C=O) groups is 3. The topological polar surface area (TPSA) is 121 Å². The first-order valence-electron chi connectivity index (χ1n) is 14.6. The van der Waals surface area contributed by atoms with Crippen LogP contribution in [0.3, 0.4) is 0 Å². The molecule has 2 aromatic carbocycles. The van der Waals surface area contributed by atoms with Gasteiger partial charge in [0.2, 0.25) is 5.91 Å². The molecule has 2 amide bonds. The third-order valence-electron chi connectivity index (χ3n) is 7.31. The van der Waals surface area contributed by atoms with Crippen LogP contribution in [0.15, 0.2) is 73.1 Å². The molecule has 0 fully saturated rings. The molecule has 2 atom stereocenters. The fourth-order valence-electron chi connectivity index (χ4n) is 4.49. The summed E-state index contributed by atoms with van der Waals surface area (Å²) in [5, 5.41) is 14.6. The first kappa shape index (κ1) is 32.5. The molecule has 3 N–H and O–H groups in total. The van der Waals surface area contributed by atoms with Gasteiger partial charge < -0.3 is 15.7 Å². The second-order valence-electron chi connectivity index (χ2n) is 13.0. The third-order valence-corrected chi connectivity index (χ3v) is 8.82. The van der Waals surface area contributed by atoms with Crippen LogP contribution in [0, 0.1) is 0 Å². The van der Waals surface area contributed by atoms with Crippen LogP contribution in [0.5, 0.6) is 0 Å². The molecule has 9 heteroatoms. The molecule has 2 aromatic heterocycles. The Bertz CT molecular complexity index is 1610. The molecule has 0 radical (unpaired) electrons. The fourth-order valence-corrected chi connectivity index (χ4v) is 5.46. The predicted octanol–water partition coefficient (Wildman–Crippen LogP) is 6.40. The first-order chi connectivity index (χ1) is 20.6. The van der Waals surface area contributed by atoms with Crippen LogP contribution in [0.1, 0.15) is 74.1 Å². The average Bonchev–Trinajstić information content (AvgIpc) is 3.48. The summed E-state index contributed by atoms with van der Waals surface area (Å²) in [6.07, 6.45) is 3.78. The van der Waals surface area contributed by atoms with Crippen LogP contribution in [-0.4, -0.2) is 44.9 Å². The van der Waals surface area contributed by atoms with Gasteiger partial charge in [0.05, 0.1) is 4.88 Å². The van der Waals surface area contributed by atoms with E-state index in [9.17, 15) is 19.5 Å². The fraction of sp³-hybridized carbons (Fsp3) is 0.343. The summed E-state index contributed by atoms with van der Waals surface area (Å²) in [4.78, 5) is 48.3. The minimum atomic E-state index is -1.16. The molecule has 4 aromatic rings. The van der Waals surface area contributed by atoms with E-state index in [1.165, 1.54) is 23.8 Å². The van der Waals surface area contributed by atoms with Crippen molar-refractivity contribution in [2.75, 3.05) is 0 Å². The highest BCUT2D eigenvalue weighted by Gasteiger charge is 2.26. The predicted molar refractivity (Wildman–Crippen MR) is 175 cm³/mol. The Morgan fingerprint density at radius 3 is 1.89 bits per heavy atom. The molecule has 0 aliphatic heterocycles. The van der Waals surface area contributed by atoms with Crippen LogP contribution < -0.4 is 10.6 Å². The minimum absolute atomic E-state index is 0.0809. The van der Waals surface area contributed by atoms with E-state index in [2.05, 4.69) is 86.4 Å². The molecule has 44 heavy (non-hydrogen) atoms. The number of amides is 2.